The molecule has 0 aliphatic carbocycles. The van der Waals surface area contributed by atoms with Gasteiger partial charge in [0.2, 0.25) is 0 Å². The molecule has 0 saturated heterocycles. The minimum absolute atomic E-state index is 0.448. The standard InChI is InChI=1S/C16H22N4/c1-10(2)7-14(9-17-6)15-13(5)20-11(3)8-18-16(20)12(4)19-15/h7-10H,1-6H3/b14-7+,17-9?. The summed E-state index contributed by atoms with van der Waals surface area (Å²) in [5.74, 6) is 0.448. The summed E-state index contributed by atoms with van der Waals surface area (Å²) in [6.45, 7) is 10.5. The third-order valence-corrected chi connectivity index (χ3v) is 3.27. The van der Waals surface area contributed by atoms with Crippen molar-refractivity contribution in [2.24, 2.45) is 10.9 Å². The molecular formula is C16H22N4. The maximum absolute atomic E-state index is 4.74. The minimum Gasteiger partial charge on any atom is -0.298 e. The second kappa shape index (κ2) is 5.57. The molecule has 0 spiro atoms. The normalized spacial score (nSPS) is 13.1. The third-order valence-electron chi connectivity index (χ3n) is 3.27. The van der Waals surface area contributed by atoms with E-state index in [1.54, 1.807) is 7.05 Å². The lowest BCUT2D eigenvalue weighted by Crippen LogP contribution is -2.06. The first-order valence-corrected chi connectivity index (χ1v) is 6.91. The molecule has 0 fully saturated rings. The topological polar surface area (TPSA) is 42.5 Å². The molecule has 0 aliphatic rings. The zero-order chi connectivity index (χ0) is 14.9. The number of nitrogens with zero attached hydrogens (tertiary/aromatic N) is 4. The fraction of sp³-hybridized carbons (Fsp3) is 0.438. The summed E-state index contributed by atoms with van der Waals surface area (Å²) in [5.41, 5.74) is 6.15. The highest BCUT2D eigenvalue weighted by atomic mass is 15.0. The van der Waals surface area contributed by atoms with Crippen molar-refractivity contribution in [3.63, 3.8) is 0 Å². The summed E-state index contributed by atoms with van der Waals surface area (Å²) in [6, 6.07) is 0. The number of rotatable bonds is 3. The van der Waals surface area contributed by atoms with E-state index in [0.29, 0.717) is 5.92 Å². The molecule has 0 unspecified atom stereocenters. The first-order chi connectivity index (χ1) is 9.45. The van der Waals surface area contributed by atoms with Gasteiger partial charge in [0.15, 0.2) is 5.65 Å². The van der Waals surface area contributed by atoms with E-state index in [0.717, 1.165) is 34.0 Å². The van der Waals surface area contributed by atoms with Gasteiger partial charge in [0.1, 0.15) is 0 Å². The summed E-state index contributed by atoms with van der Waals surface area (Å²) >= 11 is 0. The molecule has 0 bridgehead atoms. The van der Waals surface area contributed by atoms with Gasteiger partial charge in [0, 0.05) is 36.4 Å². The summed E-state index contributed by atoms with van der Waals surface area (Å²) < 4.78 is 2.16. The van der Waals surface area contributed by atoms with Crippen molar-refractivity contribution >= 4 is 17.4 Å². The summed E-state index contributed by atoms with van der Waals surface area (Å²) in [5, 5.41) is 0. The van der Waals surface area contributed by atoms with Crippen LogP contribution in [0.5, 0.6) is 0 Å². The van der Waals surface area contributed by atoms with Crippen molar-refractivity contribution in [3.8, 4) is 0 Å². The number of fused-ring (bicyclic) bond motifs is 1. The van der Waals surface area contributed by atoms with E-state index in [9.17, 15) is 0 Å². The number of hydrogen-bond acceptors (Lipinski definition) is 3. The van der Waals surface area contributed by atoms with Crippen LogP contribution in [-0.2, 0) is 0 Å². The number of aliphatic imine (C=N–C) groups is 1. The van der Waals surface area contributed by atoms with Crippen molar-refractivity contribution < 1.29 is 0 Å². The van der Waals surface area contributed by atoms with Crippen LogP contribution in [0.4, 0.5) is 0 Å². The van der Waals surface area contributed by atoms with Crippen LogP contribution in [0.2, 0.25) is 0 Å². The van der Waals surface area contributed by atoms with Crippen LogP contribution in [0.3, 0.4) is 0 Å². The molecule has 0 radical (unpaired) electrons. The van der Waals surface area contributed by atoms with E-state index in [1.807, 2.05) is 19.3 Å². The van der Waals surface area contributed by atoms with Crippen molar-refractivity contribution in [1.82, 2.24) is 14.4 Å². The summed E-state index contributed by atoms with van der Waals surface area (Å²) in [4.78, 5) is 13.3. The second-order valence-electron chi connectivity index (χ2n) is 5.44. The SMILES string of the molecule is CN=C/C(=C\C(C)C)c1nc(C)c2ncc(C)n2c1C. The quantitative estimate of drug-likeness (QED) is 0.802. The van der Waals surface area contributed by atoms with Gasteiger partial charge in [-0.1, -0.05) is 19.9 Å². The zero-order valence-electron chi connectivity index (χ0n) is 13.1. The van der Waals surface area contributed by atoms with E-state index < -0.39 is 0 Å². The molecule has 0 atom stereocenters. The van der Waals surface area contributed by atoms with Crippen LogP contribution in [0.15, 0.2) is 17.3 Å². The average Bonchev–Trinajstić information content (AvgIpc) is 2.76. The van der Waals surface area contributed by atoms with Gasteiger partial charge in [-0.2, -0.15) is 0 Å². The van der Waals surface area contributed by atoms with Gasteiger partial charge in [-0.3, -0.25) is 9.39 Å². The monoisotopic (exact) mass is 270 g/mol. The average molecular weight is 270 g/mol. The van der Waals surface area contributed by atoms with Gasteiger partial charge >= 0.3 is 0 Å². The Morgan fingerprint density at radius 1 is 1.30 bits per heavy atom. The lowest BCUT2D eigenvalue weighted by atomic mass is 10.1. The second-order valence-corrected chi connectivity index (χ2v) is 5.44. The Labute approximate surface area is 120 Å². The largest absolute Gasteiger partial charge is 0.298 e. The van der Waals surface area contributed by atoms with E-state index in [4.69, 9.17) is 4.98 Å². The van der Waals surface area contributed by atoms with Crippen molar-refractivity contribution in [2.45, 2.75) is 34.6 Å². The Kier molecular flexibility index (Phi) is 4.02. The number of allylic oxidation sites excluding steroid dienone is 2. The van der Waals surface area contributed by atoms with Crippen LogP contribution in [0.1, 0.15) is 36.6 Å². The molecule has 0 N–H and O–H groups in total. The summed E-state index contributed by atoms with van der Waals surface area (Å²) in [6.07, 6.45) is 5.97. The minimum atomic E-state index is 0.448. The summed E-state index contributed by atoms with van der Waals surface area (Å²) in [7, 11) is 1.79. The predicted octanol–water partition coefficient (Wildman–Crippen LogP) is 3.39. The van der Waals surface area contributed by atoms with Gasteiger partial charge in [0.05, 0.1) is 11.4 Å². The molecule has 0 aliphatic heterocycles. The Hall–Kier alpha value is -1.97. The first-order valence-electron chi connectivity index (χ1n) is 6.91. The molecule has 2 rings (SSSR count). The van der Waals surface area contributed by atoms with Gasteiger partial charge < -0.3 is 0 Å². The van der Waals surface area contributed by atoms with Gasteiger partial charge in [-0.05, 0) is 26.7 Å². The van der Waals surface area contributed by atoms with Crippen LogP contribution < -0.4 is 0 Å². The Bertz CT molecular complexity index is 690. The molecule has 2 aromatic heterocycles. The van der Waals surface area contributed by atoms with E-state index in [2.05, 4.69) is 48.1 Å². The lowest BCUT2D eigenvalue weighted by Gasteiger charge is -2.12. The molecule has 2 aromatic rings. The number of aromatic nitrogens is 3. The number of imidazole rings is 1. The van der Waals surface area contributed by atoms with Crippen LogP contribution in [-0.4, -0.2) is 27.6 Å². The molecular weight excluding hydrogens is 248 g/mol. The Balaban J connectivity index is 2.76. The Morgan fingerprint density at radius 3 is 2.60 bits per heavy atom. The molecule has 0 saturated carbocycles. The molecule has 4 nitrogen and oxygen atoms in total. The molecule has 0 amide bonds. The molecule has 0 aromatic carbocycles. The zero-order valence-corrected chi connectivity index (χ0v) is 13.1. The predicted molar refractivity (Wildman–Crippen MR) is 84.4 cm³/mol. The highest BCUT2D eigenvalue weighted by Crippen LogP contribution is 2.21. The highest BCUT2D eigenvalue weighted by molar-refractivity contribution is 6.09. The van der Waals surface area contributed by atoms with E-state index in [-0.39, 0.29) is 0 Å². The molecule has 2 heterocycles. The molecule has 20 heavy (non-hydrogen) atoms. The third kappa shape index (κ3) is 2.50. The van der Waals surface area contributed by atoms with Crippen LogP contribution in [0, 0.1) is 26.7 Å². The van der Waals surface area contributed by atoms with Gasteiger partial charge in [0.25, 0.3) is 0 Å². The van der Waals surface area contributed by atoms with Crippen molar-refractivity contribution in [3.05, 3.63) is 35.0 Å². The fourth-order valence-electron chi connectivity index (χ4n) is 2.47. The number of hydrogen-bond donors (Lipinski definition) is 0. The smallest absolute Gasteiger partial charge is 0.158 e. The number of aryl methyl sites for hydroxylation is 3. The van der Waals surface area contributed by atoms with Crippen LogP contribution >= 0.6 is 0 Å². The van der Waals surface area contributed by atoms with E-state index >= 15 is 0 Å². The lowest BCUT2D eigenvalue weighted by molar-refractivity contribution is 0.833. The van der Waals surface area contributed by atoms with Gasteiger partial charge in [-0.15, -0.1) is 0 Å². The van der Waals surface area contributed by atoms with E-state index in [1.165, 1.54) is 0 Å². The maximum Gasteiger partial charge on any atom is 0.158 e. The molecule has 106 valence electrons. The Morgan fingerprint density at radius 2 is 2.00 bits per heavy atom. The maximum atomic E-state index is 4.74. The van der Waals surface area contributed by atoms with Gasteiger partial charge in [-0.25, -0.2) is 9.97 Å². The van der Waals surface area contributed by atoms with Crippen molar-refractivity contribution in [2.75, 3.05) is 7.05 Å². The highest BCUT2D eigenvalue weighted by Gasteiger charge is 2.14. The first kappa shape index (κ1) is 14.4. The molecule has 4 heteroatoms. The van der Waals surface area contributed by atoms with Crippen LogP contribution in [0.25, 0.3) is 11.2 Å². The fourth-order valence-corrected chi connectivity index (χ4v) is 2.47. The van der Waals surface area contributed by atoms with Crippen molar-refractivity contribution in [1.29, 1.82) is 0 Å².